The van der Waals surface area contributed by atoms with Gasteiger partial charge in [0, 0.05) is 11.3 Å². The number of nitrogens with zero attached hydrogens (tertiary/aromatic N) is 2. The highest BCUT2D eigenvalue weighted by atomic mass is 32.2. The summed E-state index contributed by atoms with van der Waals surface area (Å²) < 4.78 is 79.6. The molecule has 0 amide bonds. The van der Waals surface area contributed by atoms with E-state index in [-0.39, 0.29) is 52.3 Å². The number of fused-ring (bicyclic) bond motifs is 1. The van der Waals surface area contributed by atoms with Crippen LogP contribution in [0, 0.1) is 13.8 Å². The van der Waals surface area contributed by atoms with Gasteiger partial charge in [0.15, 0.2) is 9.84 Å². The van der Waals surface area contributed by atoms with Crippen LogP contribution in [0.1, 0.15) is 53.8 Å². The molecular weight excluding hydrogens is 488 g/mol. The number of anilines is 1. The fraction of sp³-hybridized carbons (Fsp3) is 0.435. The topological polar surface area (TPSA) is 105 Å². The second-order valence-corrected chi connectivity index (χ2v) is 11.2. The minimum Gasteiger partial charge on any atom is -0.363 e. The van der Waals surface area contributed by atoms with Crippen molar-refractivity contribution >= 4 is 26.7 Å². The molecule has 1 atom stereocenters. The zero-order chi connectivity index (χ0) is 25.8. The number of aromatic nitrogens is 3. The van der Waals surface area contributed by atoms with Gasteiger partial charge in [0.2, 0.25) is 0 Å². The summed E-state index contributed by atoms with van der Waals surface area (Å²) in [6.07, 6.45) is -4.96. The van der Waals surface area contributed by atoms with Gasteiger partial charge in [-0.3, -0.25) is 4.98 Å². The first kappa shape index (κ1) is 25.1. The van der Waals surface area contributed by atoms with Crippen LogP contribution in [0.3, 0.4) is 0 Å². The summed E-state index contributed by atoms with van der Waals surface area (Å²) in [6.45, 7) is 4.56. The highest BCUT2D eigenvalue weighted by molar-refractivity contribution is 7.91. The molecule has 0 spiro atoms. The van der Waals surface area contributed by atoms with Crippen molar-refractivity contribution in [3.63, 3.8) is 0 Å². The van der Waals surface area contributed by atoms with Crippen LogP contribution >= 0.6 is 0 Å². The zero-order valence-corrected chi connectivity index (χ0v) is 20.1. The molecule has 4 rings (SSSR count). The molecule has 3 aromatic rings. The Kier molecular flexibility index (Phi) is 6.15. The predicted molar refractivity (Wildman–Crippen MR) is 124 cm³/mol. The number of aromatic amines is 1. The Bertz CT molecular complexity index is 1450. The molecule has 12 heteroatoms. The highest BCUT2D eigenvalue weighted by Crippen LogP contribution is 2.41. The van der Waals surface area contributed by atoms with Crippen molar-refractivity contribution in [1.29, 1.82) is 0 Å². The number of pyridine rings is 1. The van der Waals surface area contributed by atoms with Gasteiger partial charge in [-0.15, -0.1) is 0 Å². The molecule has 2 N–H and O–H groups in total. The van der Waals surface area contributed by atoms with Gasteiger partial charge in [-0.05, 0) is 56.9 Å². The van der Waals surface area contributed by atoms with E-state index in [1.54, 1.807) is 19.9 Å². The number of alkyl halides is 4. The van der Waals surface area contributed by atoms with Gasteiger partial charge < -0.3 is 5.32 Å². The van der Waals surface area contributed by atoms with Gasteiger partial charge >= 0.3 is 11.9 Å². The molecular formula is C23H24F4N4O3S. The van der Waals surface area contributed by atoms with Crippen LogP contribution in [0.15, 0.2) is 29.1 Å². The maximum atomic E-state index is 15.9. The van der Waals surface area contributed by atoms with Gasteiger partial charge in [-0.2, -0.15) is 18.2 Å². The Balaban J connectivity index is 1.78. The summed E-state index contributed by atoms with van der Waals surface area (Å²) in [5.41, 5.74) is -2.40. The number of hydrogen-bond acceptors (Lipinski definition) is 6. The number of H-pyrrole nitrogens is 1. The first-order valence-corrected chi connectivity index (χ1v) is 12.8. The molecule has 35 heavy (non-hydrogen) atoms. The van der Waals surface area contributed by atoms with Gasteiger partial charge in [0.25, 0.3) is 0 Å². The average Bonchev–Trinajstić information content (AvgIpc) is 2.74. The normalized spacial score (nSPS) is 18.4. The summed E-state index contributed by atoms with van der Waals surface area (Å²) in [5, 5.41) is 3.25. The van der Waals surface area contributed by atoms with E-state index >= 15 is 4.39 Å². The van der Waals surface area contributed by atoms with Crippen LogP contribution in [-0.4, -0.2) is 34.9 Å². The van der Waals surface area contributed by atoms with Gasteiger partial charge in [-0.25, -0.2) is 22.6 Å². The summed E-state index contributed by atoms with van der Waals surface area (Å²) in [7, 11) is -3.31. The number of nitrogens with one attached hydrogen (secondary N) is 2. The summed E-state index contributed by atoms with van der Waals surface area (Å²) in [5.74, 6) is -0.544. The Morgan fingerprint density at radius 2 is 1.80 bits per heavy atom. The number of rotatable bonds is 4. The molecule has 1 aromatic carbocycles. The maximum absolute atomic E-state index is 15.9. The Morgan fingerprint density at radius 1 is 1.14 bits per heavy atom. The molecule has 1 aliphatic rings. The summed E-state index contributed by atoms with van der Waals surface area (Å²) in [4.78, 5) is 22.9. The lowest BCUT2D eigenvalue weighted by molar-refractivity contribution is -0.138. The van der Waals surface area contributed by atoms with Crippen LogP contribution < -0.4 is 11.0 Å². The molecule has 3 heterocycles. The van der Waals surface area contributed by atoms with Crippen molar-refractivity contribution in [2.45, 2.75) is 51.5 Å². The SMILES string of the molecule is Cc1nc2[nH]c(=O)nc(N[C@H](C)c3cccc(C(F)(F)F)c3C)c2cc1C1(F)CCS(=O)(=O)CC1. The Hall–Kier alpha value is -3.02. The third-order valence-corrected chi connectivity index (χ3v) is 8.16. The van der Waals surface area contributed by atoms with Crippen molar-refractivity contribution in [1.82, 2.24) is 15.0 Å². The van der Waals surface area contributed by atoms with Crippen LogP contribution in [0.2, 0.25) is 0 Å². The highest BCUT2D eigenvalue weighted by Gasteiger charge is 2.40. The maximum Gasteiger partial charge on any atom is 0.416 e. The number of sulfone groups is 1. The molecule has 188 valence electrons. The van der Waals surface area contributed by atoms with Crippen LogP contribution in [0.25, 0.3) is 11.0 Å². The van der Waals surface area contributed by atoms with Gasteiger partial charge in [0.1, 0.15) is 17.1 Å². The zero-order valence-electron chi connectivity index (χ0n) is 19.3. The lowest BCUT2D eigenvalue weighted by Gasteiger charge is -2.31. The fourth-order valence-electron chi connectivity index (χ4n) is 4.58. The standard InChI is InChI=1S/C23H24F4N4O3S/c1-12-15(5-4-6-17(12)23(25,26)27)13(2)28-19-16-11-18(14(3)29-20(16)31-21(32)30-19)22(24)7-9-35(33,34)10-8-22/h4-6,11,13H,7-10H2,1-3H3,(H2,28,29,30,31,32)/t13-/m1/s1. The lowest BCUT2D eigenvalue weighted by Crippen LogP contribution is -2.34. The summed E-state index contributed by atoms with van der Waals surface area (Å²) in [6, 6.07) is 4.64. The minimum absolute atomic E-state index is 0.0360. The third kappa shape index (κ3) is 4.89. The molecule has 1 saturated heterocycles. The second-order valence-electron chi connectivity index (χ2n) is 8.91. The number of aryl methyl sites for hydroxylation is 1. The van der Waals surface area contributed by atoms with E-state index in [9.17, 15) is 26.4 Å². The van der Waals surface area contributed by atoms with Crippen LogP contribution in [-0.2, 0) is 21.7 Å². The number of halogens is 4. The van der Waals surface area contributed by atoms with Gasteiger partial charge in [0.05, 0.1) is 28.5 Å². The molecule has 1 aliphatic heterocycles. The molecule has 0 unspecified atom stereocenters. The van der Waals surface area contributed by atoms with Crippen molar-refractivity contribution in [2.24, 2.45) is 0 Å². The largest absolute Gasteiger partial charge is 0.416 e. The first-order valence-electron chi connectivity index (χ1n) is 10.9. The quantitative estimate of drug-likeness (QED) is 0.499. The van der Waals surface area contributed by atoms with E-state index < -0.39 is 39.0 Å². The van der Waals surface area contributed by atoms with Crippen LogP contribution in [0.4, 0.5) is 23.4 Å². The Morgan fingerprint density at radius 3 is 2.43 bits per heavy atom. The first-order chi connectivity index (χ1) is 16.2. The number of benzene rings is 1. The lowest BCUT2D eigenvalue weighted by atomic mass is 9.88. The molecule has 1 fully saturated rings. The van der Waals surface area contributed by atoms with E-state index in [1.165, 1.54) is 19.1 Å². The van der Waals surface area contributed by atoms with E-state index in [2.05, 4.69) is 20.3 Å². The van der Waals surface area contributed by atoms with Crippen molar-refractivity contribution in [3.05, 3.63) is 62.7 Å². The number of hydrogen-bond donors (Lipinski definition) is 2. The average molecular weight is 513 g/mol. The molecule has 2 aromatic heterocycles. The van der Waals surface area contributed by atoms with E-state index in [0.717, 1.165) is 6.07 Å². The molecule has 0 radical (unpaired) electrons. The smallest absolute Gasteiger partial charge is 0.363 e. The van der Waals surface area contributed by atoms with E-state index in [4.69, 9.17) is 0 Å². The third-order valence-electron chi connectivity index (χ3n) is 6.51. The summed E-state index contributed by atoms with van der Waals surface area (Å²) >= 11 is 0. The van der Waals surface area contributed by atoms with E-state index in [0.29, 0.717) is 11.3 Å². The minimum atomic E-state index is -4.52. The van der Waals surface area contributed by atoms with Gasteiger partial charge in [-0.1, -0.05) is 12.1 Å². The molecule has 7 nitrogen and oxygen atoms in total. The van der Waals surface area contributed by atoms with Crippen molar-refractivity contribution in [3.8, 4) is 0 Å². The molecule has 0 saturated carbocycles. The second kappa shape index (κ2) is 8.58. The van der Waals surface area contributed by atoms with Crippen LogP contribution in [0.5, 0.6) is 0 Å². The monoisotopic (exact) mass is 512 g/mol. The van der Waals surface area contributed by atoms with Crippen molar-refractivity contribution < 1.29 is 26.0 Å². The molecule has 0 bridgehead atoms. The molecule has 0 aliphatic carbocycles. The van der Waals surface area contributed by atoms with Crippen molar-refractivity contribution in [2.75, 3.05) is 16.8 Å². The van der Waals surface area contributed by atoms with E-state index in [1.807, 2.05) is 0 Å². The fourth-order valence-corrected chi connectivity index (χ4v) is 6.05. The Labute approximate surface area is 198 Å². The predicted octanol–water partition coefficient (Wildman–Crippen LogP) is 4.50.